The Bertz CT molecular complexity index is 235. The van der Waals surface area contributed by atoms with Crippen LogP contribution in [0.4, 0.5) is 0 Å². The van der Waals surface area contributed by atoms with Crippen LogP contribution in [0.5, 0.6) is 0 Å². The van der Waals surface area contributed by atoms with Crippen molar-refractivity contribution in [1.29, 1.82) is 0 Å². The second-order valence-corrected chi connectivity index (χ2v) is 6.73. The zero-order chi connectivity index (χ0) is 10.8. The van der Waals surface area contributed by atoms with Gasteiger partial charge in [-0.3, -0.25) is 4.90 Å². The van der Waals surface area contributed by atoms with E-state index in [2.05, 4.69) is 23.6 Å². The molecule has 2 heterocycles. The zero-order valence-corrected chi connectivity index (χ0v) is 11.2. The number of piperidine rings is 1. The first-order valence-electron chi connectivity index (χ1n) is 5.79. The van der Waals surface area contributed by atoms with Gasteiger partial charge in [0.2, 0.25) is 0 Å². The smallest absolute Gasteiger partial charge is 0.137 e. The molecule has 0 amide bonds. The van der Waals surface area contributed by atoms with Gasteiger partial charge in [0.05, 0.1) is 6.67 Å². The molecule has 86 valence electrons. The lowest BCUT2D eigenvalue weighted by Crippen LogP contribution is -2.45. The predicted octanol–water partition coefficient (Wildman–Crippen LogP) is 2.26. The Kier molecular flexibility index (Phi) is 3.91. The van der Waals surface area contributed by atoms with Crippen LogP contribution in [-0.2, 0) is 0 Å². The second-order valence-electron chi connectivity index (χ2n) is 5.00. The number of hydrogen-bond donors (Lipinski definition) is 0. The molecule has 0 saturated carbocycles. The van der Waals surface area contributed by atoms with Crippen molar-refractivity contribution in [3.05, 3.63) is 0 Å². The van der Waals surface area contributed by atoms with Crippen molar-refractivity contribution in [3.8, 4) is 0 Å². The Hall–Kier alpha value is 0.200. The summed E-state index contributed by atoms with van der Waals surface area (Å²) in [7, 11) is 0. The Labute approximate surface area is 102 Å². The fraction of sp³-hybridized carbons (Fsp3) is 0.909. The summed E-state index contributed by atoms with van der Waals surface area (Å²) in [6, 6.07) is 0. The minimum Gasteiger partial charge on any atom is -0.344 e. The Morgan fingerprint density at radius 1 is 1.33 bits per heavy atom. The molecular weight excluding hydrogens is 224 g/mol. The number of thioether (sulfide) groups is 1. The molecule has 2 rings (SSSR count). The van der Waals surface area contributed by atoms with Crippen LogP contribution in [0, 0.1) is 11.8 Å². The molecule has 0 bridgehead atoms. The van der Waals surface area contributed by atoms with Gasteiger partial charge in [0.25, 0.3) is 0 Å². The van der Waals surface area contributed by atoms with Crippen LogP contribution in [0.3, 0.4) is 0 Å². The number of hydrogen-bond acceptors (Lipinski definition) is 3. The van der Waals surface area contributed by atoms with Gasteiger partial charge in [-0.2, -0.15) is 0 Å². The first-order valence-corrected chi connectivity index (χ1v) is 7.18. The van der Waals surface area contributed by atoms with Gasteiger partial charge in [0.1, 0.15) is 4.32 Å². The highest BCUT2D eigenvalue weighted by Gasteiger charge is 2.25. The largest absolute Gasteiger partial charge is 0.344 e. The van der Waals surface area contributed by atoms with E-state index in [1.165, 1.54) is 25.3 Å². The summed E-state index contributed by atoms with van der Waals surface area (Å²) in [5.41, 5.74) is 0. The maximum absolute atomic E-state index is 5.33. The maximum atomic E-state index is 5.33. The number of likely N-dealkylation sites (tertiary alicyclic amines) is 1. The zero-order valence-electron chi connectivity index (χ0n) is 9.61. The van der Waals surface area contributed by atoms with Gasteiger partial charge in [0.15, 0.2) is 0 Å². The molecule has 0 aromatic rings. The minimum atomic E-state index is 0.845. The van der Waals surface area contributed by atoms with Crippen LogP contribution >= 0.6 is 24.0 Å². The highest BCUT2D eigenvalue weighted by Crippen LogP contribution is 2.23. The van der Waals surface area contributed by atoms with Crippen LogP contribution in [0.25, 0.3) is 0 Å². The molecule has 0 radical (unpaired) electrons. The summed E-state index contributed by atoms with van der Waals surface area (Å²) in [6.45, 7) is 9.41. The van der Waals surface area contributed by atoms with E-state index in [0.717, 1.165) is 29.4 Å². The van der Waals surface area contributed by atoms with E-state index in [4.69, 9.17) is 12.2 Å². The molecule has 4 heteroatoms. The van der Waals surface area contributed by atoms with Gasteiger partial charge >= 0.3 is 0 Å². The molecular formula is C11H20N2S2. The van der Waals surface area contributed by atoms with Crippen molar-refractivity contribution >= 4 is 28.3 Å². The van der Waals surface area contributed by atoms with Gasteiger partial charge in [0, 0.05) is 25.4 Å². The van der Waals surface area contributed by atoms with Crippen LogP contribution in [0.1, 0.15) is 20.3 Å². The monoisotopic (exact) mass is 244 g/mol. The Balaban J connectivity index is 1.85. The molecule has 15 heavy (non-hydrogen) atoms. The van der Waals surface area contributed by atoms with Gasteiger partial charge in [-0.25, -0.2) is 0 Å². The number of thiocarbonyl (C=S) groups is 1. The summed E-state index contributed by atoms with van der Waals surface area (Å²) >= 11 is 7.16. The third-order valence-corrected chi connectivity index (χ3v) is 4.66. The second kappa shape index (κ2) is 5.02. The molecule has 0 aromatic heterocycles. The van der Waals surface area contributed by atoms with Crippen molar-refractivity contribution in [2.24, 2.45) is 11.8 Å². The molecule has 2 nitrogen and oxygen atoms in total. The van der Waals surface area contributed by atoms with Crippen LogP contribution in [-0.4, -0.2) is 46.2 Å². The average Bonchev–Trinajstić information content (AvgIpc) is 2.50. The molecule has 0 spiro atoms. The first-order chi connectivity index (χ1) is 7.15. The lowest BCUT2D eigenvalue weighted by molar-refractivity contribution is 0.104. The quantitative estimate of drug-likeness (QED) is 0.687. The highest BCUT2D eigenvalue weighted by molar-refractivity contribution is 8.23. The third kappa shape index (κ3) is 3.08. The number of nitrogens with zero attached hydrogens (tertiary/aromatic N) is 2. The first kappa shape index (κ1) is 11.7. The average molecular weight is 244 g/mol. The maximum Gasteiger partial charge on any atom is 0.137 e. The molecule has 2 aliphatic heterocycles. The summed E-state index contributed by atoms with van der Waals surface area (Å²) in [5, 5.41) is 0. The van der Waals surface area contributed by atoms with Crippen LogP contribution < -0.4 is 0 Å². The van der Waals surface area contributed by atoms with E-state index in [1.54, 1.807) is 0 Å². The molecule has 2 aliphatic rings. The van der Waals surface area contributed by atoms with Crippen molar-refractivity contribution < 1.29 is 0 Å². The van der Waals surface area contributed by atoms with E-state index in [1.807, 2.05) is 11.8 Å². The summed E-state index contributed by atoms with van der Waals surface area (Å²) < 4.78 is 1.10. The number of rotatable bonds is 2. The minimum absolute atomic E-state index is 0.845. The lowest BCUT2D eigenvalue weighted by atomic mass is 9.92. The molecule has 0 aliphatic carbocycles. The van der Waals surface area contributed by atoms with Gasteiger partial charge in [-0.1, -0.05) is 37.8 Å². The van der Waals surface area contributed by atoms with Crippen molar-refractivity contribution in [2.45, 2.75) is 20.3 Å². The normalized spacial score (nSPS) is 33.7. The van der Waals surface area contributed by atoms with Crippen molar-refractivity contribution in [1.82, 2.24) is 9.80 Å². The van der Waals surface area contributed by atoms with Gasteiger partial charge < -0.3 is 4.90 Å². The molecule has 2 unspecified atom stereocenters. The molecule has 2 fully saturated rings. The third-order valence-electron chi connectivity index (χ3n) is 3.16. The highest BCUT2D eigenvalue weighted by atomic mass is 32.2. The predicted molar refractivity (Wildman–Crippen MR) is 71.1 cm³/mol. The topological polar surface area (TPSA) is 6.48 Å². The molecule has 2 atom stereocenters. The standard InChI is InChI=1S/C11H20N2S2/c1-9-5-10(2)7-12(6-9)8-13-3-4-15-11(13)14/h9-10H,3-8H2,1-2H3. The van der Waals surface area contributed by atoms with E-state index >= 15 is 0 Å². The fourth-order valence-corrected chi connectivity index (χ4v) is 3.92. The van der Waals surface area contributed by atoms with E-state index in [0.29, 0.717) is 0 Å². The lowest BCUT2D eigenvalue weighted by Gasteiger charge is -2.37. The summed E-state index contributed by atoms with van der Waals surface area (Å²) in [4.78, 5) is 4.92. The Morgan fingerprint density at radius 2 is 2.00 bits per heavy atom. The van der Waals surface area contributed by atoms with Crippen molar-refractivity contribution in [2.75, 3.05) is 32.1 Å². The molecule has 0 aromatic carbocycles. The molecule has 0 N–H and O–H groups in total. The van der Waals surface area contributed by atoms with E-state index < -0.39 is 0 Å². The summed E-state index contributed by atoms with van der Waals surface area (Å²) in [5.74, 6) is 2.87. The Morgan fingerprint density at radius 3 is 2.53 bits per heavy atom. The van der Waals surface area contributed by atoms with Gasteiger partial charge in [-0.05, 0) is 18.3 Å². The van der Waals surface area contributed by atoms with E-state index in [-0.39, 0.29) is 0 Å². The van der Waals surface area contributed by atoms with Crippen LogP contribution in [0.2, 0.25) is 0 Å². The van der Waals surface area contributed by atoms with Crippen LogP contribution in [0.15, 0.2) is 0 Å². The van der Waals surface area contributed by atoms with Gasteiger partial charge in [-0.15, -0.1) is 0 Å². The molecule has 2 saturated heterocycles. The van der Waals surface area contributed by atoms with Crippen molar-refractivity contribution in [3.63, 3.8) is 0 Å². The van der Waals surface area contributed by atoms with E-state index in [9.17, 15) is 0 Å². The SMILES string of the molecule is CC1CC(C)CN(CN2CCSC2=S)C1. The fourth-order valence-electron chi connectivity index (χ4n) is 2.70. The summed E-state index contributed by atoms with van der Waals surface area (Å²) in [6.07, 6.45) is 1.38.